The summed E-state index contributed by atoms with van der Waals surface area (Å²) in [5, 5.41) is 0. The van der Waals surface area contributed by atoms with Crippen LogP contribution >= 0.6 is 12.6 Å². The predicted octanol–water partition coefficient (Wildman–Crippen LogP) is 2.51. The summed E-state index contributed by atoms with van der Waals surface area (Å²) in [7, 11) is -3.09. The average Bonchev–Trinajstić information content (AvgIpc) is 2.17. The largest absolute Gasteiger partial charge is 0.224 e. The molecule has 0 saturated heterocycles. The molecule has 0 radical (unpaired) electrons. The summed E-state index contributed by atoms with van der Waals surface area (Å²) in [4.78, 5) is 0.394. The molecule has 1 aromatic rings. The standard InChI is InChI=1S/C11H16O2S2/c1-9(6-7-14)10-4-3-5-11(8-10)15(2,12)13/h3-5,8-9,14H,6-7H2,1-2H3. The zero-order chi connectivity index (χ0) is 11.5. The maximum absolute atomic E-state index is 11.4. The third kappa shape index (κ3) is 3.54. The van der Waals surface area contributed by atoms with Crippen LogP contribution in [0.25, 0.3) is 0 Å². The topological polar surface area (TPSA) is 34.1 Å². The first-order valence-corrected chi connectivity index (χ1v) is 7.38. The Balaban J connectivity index is 3.03. The Hall–Kier alpha value is -0.480. The number of hydrogen-bond acceptors (Lipinski definition) is 3. The van der Waals surface area contributed by atoms with Gasteiger partial charge in [0, 0.05) is 6.26 Å². The first-order valence-electron chi connectivity index (χ1n) is 4.86. The lowest BCUT2D eigenvalue weighted by atomic mass is 9.99. The average molecular weight is 244 g/mol. The van der Waals surface area contributed by atoms with Gasteiger partial charge in [0.15, 0.2) is 9.84 Å². The van der Waals surface area contributed by atoms with Crippen LogP contribution in [0.2, 0.25) is 0 Å². The van der Waals surface area contributed by atoms with E-state index in [-0.39, 0.29) is 0 Å². The van der Waals surface area contributed by atoms with Crippen molar-refractivity contribution < 1.29 is 8.42 Å². The minimum absolute atomic E-state index is 0.351. The van der Waals surface area contributed by atoms with Gasteiger partial charge in [-0.1, -0.05) is 19.1 Å². The molecule has 1 aromatic carbocycles. The quantitative estimate of drug-likeness (QED) is 0.826. The summed E-state index contributed by atoms with van der Waals surface area (Å²) >= 11 is 4.17. The Kier molecular flexibility index (Phi) is 4.22. The molecule has 0 amide bonds. The van der Waals surface area contributed by atoms with E-state index in [1.807, 2.05) is 6.07 Å². The molecule has 0 spiro atoms. The van der Waals surface area contributed by atoms with E-state index in [0.29, 0.717) is 10.8 Å². The zero-order valence-corrected chi connectivity index (χ0v) is 10.7. The van der Waals surface area contributed by atoms with Crippen LogP contribution in [0.5, 0.6) is 0 Å². The summed E-state index contributed by atoms with van der Waals surface area (Å²) in [5.41, 5.74) is 1.06. The van der Waals surface area contributed by atoms with Crippen LogP contribution in [0, 0.1) is 0 Å². The first kappa shape index (κ1) is 12.6. The third-order valence-electron chi connectivity index (χ3n) is 2.42. The molecule has 0 heterocycles. The van der Waals surface area contributed by atoms with E-state index in [2.05, 4.69) is 19.6 Å². The lowest BCUT2D eigenvalue weighted by Gasteiger charge is -2.11. The Labute approximate surface area is 97.0 Å². The second kappa shape index (κ2) is 5.03. The van der Waals surface area contributed by atoms with Crippen molar-refractivity contribution in [2.45, 2.75) is 24.2 Å². The Morgan fingerprint density at radius 3 is 2.60 bits per heavy atom. The molecule has 84 valence electrons. The second-order valence-electron chi connectivity index (χ2n) is 3.76. The Morgan fingerprint density at radius 1 is 1.40 bits per heavy atom. The van der Waals surface area contributed by atoms with Crippen LogP contribution < -0.4 is 0 Å². The number of sulfone groups is 1. The minimum Gasteiger partial charge on any atom is -0.224 e. The van der Waals surface area contributed by atoms with Gasteiger partial charge in [0.1, 0.15) is 0 Å². The fraction of sp³-hybridized carbons (Fsp3) is 0.455. The van der Waals surface area contributed by atoms with Crippen LogP contribution in [-0.2, 0) is 9.84 Å². The molecular weight excluding hydrogens is 228 g/mol. The molecule has 1 unspecified atom stereocenters. The van der Waals surface area contributed by atoms with Crippen molar-refractivity contribution in [2.75, 3.05) is 12.0 Å². The van der Waals surface area contributed by atoms with Gasteiger partial charge in [0.25, 0.3) is 0 Å². The van der Waals surface area contributed by atoms with E-state index in [1.165, 1.54) is 6.26 Å². The summed E-state index contributed by atoms with van der Waals surface area (Å²) in [5.74, 6) is 1.16. The van der Waals surface area contributed by atoms with Crippen molar-refractivity contribution in [3.8, 4) is 0 Å². The Morgan fingerprint density at radius 2 is 2.07 bits per heavy atom. The van der Waals surface area contributed by atoms with E-state index in [4.69, 9.17) is 0 Å². The van der Waals surface area contributed by atoms with Crippen molar-refractivity contribution in [1.29, 1.82) is 0 Å². The third-order valence-corrected chi connectivity index (χ3v) is 3.79. The highest BCUT2D eigenvalue weighted by Crippen LogP contribution is 2.22. The smallest absolute Gasteiger partial charge is 0.175 e. The fourth-order valence-electron chi connectivity index (χ4n) is 1.41. The van der Waals surface area contributed by atoms with Gasteiger partial charge in [-0.25, -0.2) is 8.42 Å². The van der Waals surface area contributed by atoms with Gasteiger partial charge in [0.2, 0.25) is 0 Å². The molecule has 1 atom stereocenters. The van der Waals surface area contributed by atoms with Crippen molar-refractivity contribution in [3.05, 3.63) is 29.8 Å². The maximum Gasteiger partial charge on any atom is 0.175 e. The molecule has 0 fully saturated rings. The monoisotopic (exact) mass is 244 g/mol. The van der Waals surface area contributed by atoms with Gasteiger partial charge in [-0.05, 0) is 35.8 Å². The summed E-state index contributed by atoms with van der Waals surface area (Å²) < 4.78 is 22.7. The molecular formula is C11H16O2S2. The molecule has 0 aromatic heterocycles. The highest BCUT2D eigenvalue weighted by atomic mass is 32.2. The van der Waals surface area contributed by atoms with Crippen molar-refractivity contribution in [2.24, 2.45) is 0 Å². The van der Waals surface area contributed by atoms with E-state index >= 15 is 0 Å². The highest BCUT2D eigenvalue weighted by molar-refractivity contribution is 7.90. The number of benzene rings is 1. The van der Waals surface area contributed by atoms with Crippen LogP contribution in [0.1, 0.15) is 24.8 Å². The Bertz CT molecular complexity index is 424. The zero-order valence-electron chi connectivity index (χ0n) is 8.97. The van der Waals surface area contributed by atoms with E-state index in [0.717, 1.165) is 17.7 Å². The SMILES string of the molecule is CC(CCS)c1cccc(S(C)(=O)=O)c1. The second-order valence-corrected chi connectivity index (χ2v) is 6.22. The molecule has 1 rings (SSSR count). The van der Waals surface area contributed by atoms with Crippen LogP contribution in [0.15, 0.2) is 29.2 Å². The van der Waals surface area contributed by atoms with E-state index in [9.17, 15) is 8.42 Å². The molecule has 0 aliphatic carbocycles. The lowest BCUT2D eigenvalue weighted by Crippen LogP contribution is -2.00. The van der Waals surface area contributed by atoms with Gasteiger partial charge < -0.3 is 0 Å². The summed E-state index contributed by atoms with van der Waals surface area (Å²) in [6.07, 6.45) is 2.19. The van der Waals surface area contributed by atoms with Crippen molar-refractivity contribution in [3.63, 3.8) is 0 Å². The molecule has 0 aliphatic rings. The van der Waals surface area contributed by atoms with Gasteiger partial charge >= 0.3 is 0 Å². The maximum atomic E-state index is 11.4. The van der Waals surface area contributed by atoms with E-state index < -0.39 is 9.84 Å². The number of rotatable bonds is 4. The van der Waals surface area contributed by atoms with Gasteiger partial charge in [-0.3, -0.25) is 0 Å². The highest BCUT2D eigenvalue weighted by Gasteiger charge is 2.10. The molecule has 0 aliphatic heterocycles. The summed E-state index contributed by atoms with van der Waals surface area (Å²) in [6, 6.07) is 7.14. The predicted molar refractivity (Wildman–Crippen MR) is 66.4 cm³/mol. The molecule has 4 heteroatoms. The molecule has 0 N–H and O–H groups in total. The molecule has 2 nitrogen and oxygen atoms in total. The lowest BCUT2D eigenvalue weighted by molar-refractivity contribution is 0.601. The number of thiol groups is 1. The minimum atomic E-state index is -3.09. The summed E-state index contributed by atoms with van der Waals surface area (Å²) in [6.45, 7) is 2.08. The fourth-order valence-corrected chi connectivity index (χ4v) is 2.48. The first-order chi connectivity index (χ1) is 6.95. The van der Waals surface area contributed by atoms with Crippen LogP contribution in [0.3, 0.4) is 0 Å². The van der Waals surface area contributed by atoms with Crippen molar-refractivity contribution >= 4 is 22.5 Å². The molecule has 15 heavy (non-hydrogen) atoms. The van der Waals surface area contributed by atoms with Gasteiger partial charge in [-0.2, -0.15) is 12.6 Å². The van der Waals surface area contributed by atoms with E-state index in [1.54, 1.807) is 18.2 Å². The van der Waals surface area contributed by atoms with Crippen molar-refractivity contribution in [1.82, 2.24) is 0 Å². The normalized spacial score (nSPS) is 13.8. The molecule has 0 saturated carbocycles. The van der Waals surface area contributed by atoms with Crippen LogP contribution in [-0.4, -0.2) is 20.4 Å². The van der Waals surface area contributed by atoms with Crippen LogP contribution in [0.4, 0.5) is 0 Å². The molecule has 0 bridgehead atoms. The van der Waals surface area contributed by atoms with Gasteiger partial charge in [0.05, 0.1) is 4.90 Å². The number of hydrogen-bond donors (Lipinski definition) is 1. The van der Waals surface area contributed by atoms with Gasteiger partial charge in [-0.15, -0.1) is 0 Å².